The molecule has 3 nitrogen and oxygen atoms in total. The van der Waals surface area contributed by atoms with Gasteiger partial charge in [0.25, 0.3) is 0 Å². The molecule has 1 aliphatic rings. The van der Waals surface area contributed by atoms with E-state index < -0.39 is 0 Å². The highest BCUT2D eigenvalue weighted by Gasteiger charge is 2.33. The Morgan fingerprint density at radius 1 is 1.50 bits per heavy atom. The lowest BCUT2D eigenvalue weighted by Gasteiger charge is -2.40. The minimum absolute atomic E-state index is 0.0795. The summed E-state index contributed by atoms with van der Waals surface area (Å²) in [5, 5.41) is 3.53. The van der Waals surface area contributed by atoms with E-state index in [0.717, 1.165) is 6.54 Å². The Bertz CT molecular complexity index is 455. The molecule has 0 radical (unpaired) electrons. The zero-order valence-electron chi connectivity index (χ0n) is 12.2. The van der Waals surface area contributed by atoms with Crippen LogP contribution >= 0.6 is 11.6 Å². The van der Waals surface area contributed by atoms with E-state index in [9.17, 15) is 4.39 Å². The van der Waals surface area contributed by atoms with Gasteiger partial charge in [0.05, 0.1) is 23.8 Å². The first-order chi connectivity index (χ1) is 9.50. The molecule has 0 aliphatic carbocycles. The van der Waals surface area contributed by atoms with Crippen LogP contribution in [0.25, 0.3) is 0 Å². The third-order valence-corrected chi connectivity index (χ3v) is 3.92. The lowest BCUT2D eigenvalue weighted by atomic mass is 9.97. The highest BCUT2D eigenvalue weighted by atomic mass is 35.5. The third-order valence-electron chi connectivity index (χ3n) is 3.63. The molecule has 0 aromatic heterocycles. The maximum atomic E-state index is 14.3. The maximum absolute atomic E-state index is 14.3. The van der Waals surface area contributed by atoms with Crippen LogP contribution in [0.2, 0.25) is 5.02 Å². The first-order valence-electron chi connectivity index (χ1n) is 7.00. The van der Waals surface area contributed by atoms with Gasteiger partial charge in [-0.15, -0.1) is 0 Å². The summed E-state index contributed by atoms with van der Waals surface area (Å²) >= 11 is 5.91. The minimum Gasteiger partial charge on any atom is -0.374 e. The molecule has 2 unspecified atom stereocenters. The van der Waals surface area contributed by atoms with Crippen molar-refractivity contribution in [1.29, 1.82) is 0 Å². The SMILES string of the molecule is CC(C)NCC1OCCN(C)C1c1cccc(Cl)c1F. The minimum atomic E-state index is -0.342. The van der Waals surface area contributed by atoms with Crippen molar-refractivity contribution in [2.24, 2.45) is 0 Å². The van der Waals surface area contributed by atoms with Crippen molar-refractivity contribution in [2.75, 3.05) is 26.7 Å². The fraction of sp³-hybridized carbons (Fsp3) is 0.600. The number of halogens is 2. The standard InChI is InChI=1S/C15H22ClFN2O/c1-10(2)18-9-13-15(19(3)7-8-20-13)11-5-4-6-12(16)14(11)17/h4-6,10,13,15,18H,7-9H2,1-3H3. The van der Waals surface area contributed by atoms with Gasteiger partial charge in [-0.2, -0.15) is 0 Å². The molecule has 1 fully saturated rings. The Labute approximate surface area is 125 Å². The number of ether oxygens (including phenoxy) is 1. The van der Waals surface area contributed by atoms with E-state index in [-0.39, 0.29) is 23.0 Å². The van der Waals surface area contributed by atoms with Crippen molar-refractivity contribution in [1.82, 2.24) is 10.2 Å². The average Bonchev–Trinajstić information content (AvgIpc) is 2.40. The lowest BCUT2D eigenvalue weighted by molar-refractivity contribution is -0.0630. The smallest absolute Gasteiger partial charge is 0.146 e. The fourth-order valence-corrected chi connectivity index (χ4v) is 2.75. The molecule has 1 N–H and O–H groups in total. The Kier molecular flexibility index (Phi) is 5.38. The lowest BCUT2D eigenvalue weighted by Crippen LogP contribution is -2.48. The molecule has 0 bridgehead atoms. The maximum Gasteiger partial charge on any atom is 0.146 e. The molecule has 20 heavy (non-hydrogen) atoms. The average molecular weight is 301 g/mol. The van der Waals surface area contributed by atoms with Crippen molar-refractivity contribution in [2.45, 2.75) is 32.0 Å². The molecular weight excluding hydrogens is 279 g/mol. The highest BCUT2D eigenvalue weighted by molar-refractivity contribution is 6.30. The molecule has 1 aromatic rings. The molecule has 1 aliphatic heterocycles. The number of rotatable bonds is 4. The van der Waals surface area contributed by atoms with E-state index >= 15 is 0 Å². The first-order valence-corrected chi connectivity index (χ1v) is 7.37. The van der Waals surface area contributed by atoms with Gasteiger partial charge in [0.2, 0.25) is 0 Å². The van der Waals surface area contributed by atoms with Crippen molar-refractivity contribution in [3.63, 3.8) is 0 Å². The van der Waals surface area contributed by atoms with E-state index in [1.165, 1.54) is 0 Å². The normalized spacial score (nSPS) is 24.3. The predicted octanol–water partition coefficient (Wildman–Crippen LogP) is 2.85. The summed E-state index contributed by atoms with van der Waals surface area (Å²) in [4.78, 5) is 2.13. The number of hydrogen-bond acceptors (Lipinski definition) is 3. The zero-order valence-corrected chi connectivity index (χ0v) is 13.0. The topological polar surface area (TPSA) is 24.5 Å². The van der Waals surface area contributed by atoms with E-state index in [0.29, 0.717) is 24.8 Å². The number of nitrogens with zero attached hydrogens (tertiary/aromatic N) is 1. The molecule has 1 heterocycles. The van der Waals surface area contributed by atoms with E-state index in [1.54, 1.807) is 18.2 Å². The van der Waals surface area contributed by atoms with Crippen molar-refractivity contribution >= 4 is 11.6 Å². The van der Waals surface area contributed by atoms with Gasteiger partial charge in [0.15, 0.2) is 0 Å². The molecule has 0 amide bonds. The first kappa shape index (κ1) is 15.7. The summed E-state index contributed by atoms with van der Waals surface area (Å²) in [7, 11) is 2.00. The number of benzene rings is 1. The Balaban J connectivity index is 2.25. The number of hydrogen-bond donors (Lipinski definition) is 1. The Hall–Kier alpha value is -0.680. The summed E-state index contributed by atoms with van der Waals surface area (Å²) in [5.74, 6) is -0.342. The van der Waals surface area contributed by atoms with Gasteiger partial charge in [-0.05, 0) is 13.1 Å². The van der Waals surface area contributed by atoms with Crippen LogP contribution in [0.1, 0.15) is 25.5 Å². The summed E-state index contributed by atoms with van der Waals surface area (Å²) in [6, 6.07) is 5.41. The zero-order chi connectivity index (χ0) is 14.7. The second-order valence-corrected chi connectivity index (χ2v) is 5.95. The van der Waals surface area contributed by atoms with Crippen LogP contribution in [-0.2, 0) is 4.74 Å². The van der Waals surface area contributed by atoms with Crippen LogP contribution in [0, 0.1) is 5.82 Å². The molecule has 2 rings (SSSR count). The largest absolute Gasteiger partial charge is 0.374 e. The van der Waals surface area contributed by atoms with Gasteiger partial charge in [-0.1, -0.05) is 37.6 Å². The van der Waals surface area contributed by atoms with Crippen LogP contribution in [0.5, 0.6) is 0 Å². The molecule has 1 saturated heterocycles. The molecule has 0 saturated carbocycles. The second-order valence-electron chi connectivity index (χ2n) is 5.54. The van der Waals surface area contributed by atoms with Gasteiger partial charge < -0.3 is 10.1 Å². The van der Waals surface area contributed by atoms with E-state index in [1.807, 2.05) is 7.05 Å². The van der Waals surface area contributed by atoms with Crippen LogP contribution in [0.15, 0.2) is 18.2 Å². The monoisotopic (exact) mass is 300 g/mol. The number of morpholine rings is 1. The van der Waals surface area contributed by atoms with Gasteiger partial charge >= 0.3 is 0 Å². The fourth-order valence-electron chi connectivity index (χ4n) is 2.57. The van der Waals surface area contributed by atoms with E-state index in [4.69, 9.17) is 16.3 Å². The van der Waals surface area contributed by atoms with Crippen molar-refractivity contribution < 1.29 is 9.13 Å². The molecule has 2 atom stereocenters. The summed E-state index contributed by atoms with van der Waals surface area (Å²) in [6.07, 6.45) is -0.0795. The number of likely N-dealkylation sites (N-methyl/N-ethyl adjacent to an activating group) is 1. The van der Waals surface area contributed by atoms with Crippen LogP contribution in [-0.4, -0.2) is 43.8 Å². The summed E-state index contributed by atoms with van der Waals surface area (Å²) in [6.45, 7) is 6.32. The van der Waals surface area contributed by atoms with Gasteiger partial charge in [0.1, 0.15) is 5.82 Å². The summed E-state index contributed by atoms with van der Waals surface area (Å²) in [5.41, 5.74) is 0.607. The molecule has 5 heteroatoms. The second kappa shape index (κ2) is 6.85. The summed E-state index contributed by atoms with van der Waals surface area (Å²) < 4.78 is 20.1. The predicted molar refractivity (Wildman–Crippen MR) is 79.7 cm³/mol. The highest BCUT2D eigenvalue weighted by Crippen LogP contribution is 2.32. The van der Waals surface area contributed by atoms with E-state index in [2.05, 4.69) is 24.1 Å². The third kappa shape index (κ3) is 3.50. The van der Waals surface area contributed by atoms with Gasteiger partial charge in [-0.25, -0.2) is 4.39 Å². The quantitative estimate of drug-likeness (QED) is 0.925. The van der Waals surface area contributed by atoms with Crippen molar-refractivity contribution in [3.05, 3.63) is 34.6 Å². The van der Waals surface area contributed by atoms with Crippen LogP contribution in [0.4, 0.5) is 4.39 Å². The van der Waals surface area contributed by atoms with Gasteiger partial charge in [-0.3, -0.25) is 4.90 Å². The molecular formula is C15H22ClFN2O. The molecule has 1 aromatic carbocycles. The Morgan fingerprint density at radius 3 is 2.95 bits per heavy atom. The van der Waals surface area contributed by atoms with Crippen LogP contribution in [0.3, 0.4) is 0 Å². The molecule has 0 spiro atoms. The molecule has 112 valence electrons. The Morgan fingerprint density at radius 2 is 2.25 bits per heavy atom. The van der Waals surface area contributed by atoms with Crippen LogP contribution < -0.4 is 5.32 Å². The number of nitrogens with one attached hydrogen (secondary N) is 1. The van der Waals surface area contributed by atoms with Crippen molar-refractivity contribution in [3.8, 4) is 0 Å². The van der Waals surface area contributed by atoms with Gasteiger partial charge in [0, 0.05) is 24.7 Å².